The first-order chi connectivity index (χ1) is 15.3. The second-order valence-corrected chi connectivity index (χ2v) is 10.9. The Morgan fingerprint density at radius 2 is 1.84 bits per heavy atom. The van der Waals surface area contributed by atoms with Crippen molar-refractivity contribution in [3.05, 3.63) is 59.5 Å². The highest BCUT2D eigenvalue weighted by Gasteiger charge is 2.42. The molecule has 3 atom stereocenters. The highest BCUT2D eigenvalue weighted by Crippen LogP contribution is 2.34. The molecule has 2 bridgehead atoms. The van der Waals surface area contributed by atoms with Crippen molar-refractivity contribution in [2.45, 2.75) is 43.5 Å². The van der Waals surface area contributed by atoms with Crippen LogP contribution in [0.25, 0.3) is 0 Å². The molecule has 2 aromatic rings. The van der Waals surface area contributed by atoms with Crippen LogP contribution in [-0.4, -0.2) is 55.1 Å². The second-order valence-electron chi connectivity index (χ2n) is 8.42. The van der Waals surface area contributed by atoms with Crippen molar-refractivity contribution >= 4 is 21.6 Å². The van der Waals surface area contributed by atoms with Gasteiger partial charge in [0.1, 0.15) is 17.7 Å². The van der Waals surface area contributed by atoms with E-state index < -0.39 is 20.9 Å². The molecule has 3 heterocycles. The lowest BCUT2D eigenvalue weighted by Crippen LogP contribution is -2.55. The molecule has 9 heteroatoms. The Morgan fingerprint density at radius 1 is 1.19 bits per heavy atom. The fourth-order valence-corrected chi connectivity index (χ4v) is 5.98. The molecule has 2 fully saturated rings. The van der Waals surface area contributed by atoms with Gasteiger partial charge in [0.25, 0.3) is 0 Å². The number of piperazine rings is 1. The number of hydrogen-bond acceptors (Lipinski definition) is 6. The summed E-state index contributed by atoms with van der Waals surface area (Å²) in [4.78, 5) is 21.2. The summed E-state index contributed by atoms with van der Waals surface area (Å²) in [5, 5.41) is 8.16. The number of carbonyl (C=O) groups is 1. The summed E-state index contributed by atoms with van der Waals surface area (Å²) in [5.41, 5.74) is 1.02. The number of hydrogen-bond donors (Lipinski definition) is 0. The average molecular weight is 457 g/mol. The molecule has 3 unspecified atom stereocenters. The molecule has 4 rings (SSSR count). The fraction of sp³-hybridized carbons (Fsp3) is 0.435. The predicted octanol–water partition coefficient (Wildman–Crippen LogP) is 2.84. The number of likely N-dealkylation sites (tertiary alicyclic amines) is 1. The lowest BCUT2D eigenvalue weighted by molar-refractivity contribution is -0.131. The van der Waals surface area contributed by atoms with E-state index in [1.165, 1.54) is 24.3 Å². The molecular formula is C23H25FN4O3S. The first kappa shape index (κ1) is 22.2. The smallest absolute Gasteiger partial charge is 0.223 e. The van der Waals surface area contributed by atoms with Gasteiger partial charge in [0, 0.05) is 37.8 Å². The Morgan fingerprint density at radius 3 is 2.41 bits per heavy atom. The maximum absolute atomic E-state index is 13.1. The number of sulfone groups is 1. The number of carbonyl (C=O) groups excluding carboxylic acids is 1. The van der Waals surface area contributed by atoms with Gasteiger partial charge in [-0.1, -0.05) is 12.1 Å². The molecule has 32 heavy (non-hydrogen) atoms. The summed E-state index contributed by atoms with van der Waals surface area (Å²) in [7, 11) is -3.55. The van der Waals surface area contributed by atoms with Crippen molar-refractivity contribution in [3.63, 3.8) is 0 Å². The van der Waals surface area contributed by atoms with Crippen LogP contribution in [0, 0.1) is 17.1 Å². The van der Waals surface area contributed by atoms with E-state index >= 15 is 0 Å². The fourth-order valence-electron chi connectivity index (χ4n) is 4.59. The number of amides is 1. The van der Waals surface area contributed by atoms with Gasteiger partial charge in [-0.25, -0.2) is 17.8 Å². The van der Waals surface area contributed by atoms with Crippen molar-refractivity contribution in [1.82, 2.24) is 9.88 Å². The Hall–Kier alpha value is -2.99. The van der Waals surface area contributed by atoms with Gasteiger partial charge in [0.15, 0.2) is 9.84 Å². The van der Waals surface area contributed by atoms with Crippen LogP contribution in [-0.2, 0) is 14.6 Å². The van der Waals surface area contributed by atoms with Crippen molar-refractivity contribution < 1.29 is 17.6 Å². The topological polar surface area (TPSA) is 94.4 Å². The van der Waals surface area contributed by atoms with Crippen LogP contribution in [0.1, 0.15) is 42.6 Å². The molecule has 0 saturated carbocycles. The van der Waals surface area contributed by atoms with Crippen LogP contribution < -0.4 is 4.90 Å². The lowest BCUT2D eigenvalue weighted by atomic mass is 10.1. The molecule has 2 aliphatic heterocycles. The molecular weight excluding hydrogens is 431 g/mol. The van der Waals surface area contributed by atoms with E-state index in [4.69, 9.17) is 5.26 Å². The monoisotopic (exact) mass is 456 g/mol. The van der Waals surface area contributed by atoms with Gasteiger partial charge in [-0.3, -0.25) is 4.79 Å². The van der Waals surface area contributed by atoms with Crippen LogP contribution >= 0.6 is 0 Å². The average Bonchev–Trinajstić information content (AvgIpc) is 3.06. The molecule has 0 spiro atoms. The highest BCUT2D eigenvalue weighted by molar-refractivity contribution is 7.91. The molecule has 168 valence electrons. The van der Waals surface area contributed by atoms with E-state index in [-0.39, 0.29) is 30.2 Å². The summed E-state index contributed by atoms with van der Waals surface area (Å²) in [6.07, 6.45) is 3.37. The molecule has 0 aliphatic carbocycles. The molecule has 0 radical (unpaired) electrons. The van der Waals surface area contributed by atoms with E-state index in [0.717, 1.165) is 18.7 Å². The third kappa shape index (κ3) is 4.46. The summed E-state index contributed by atoms with van der Waals surface area (Å²) < 4.78 is 38.6. The van der Waals surface area contributed by atoms with Gasteiger partial charge in [0.2, 0.25) is 5.91 Å². The van der Waals surface area contributed by atoms with Gasteiger partial charge in [-0.15, -0.1) is 0 Å². The summed E-state index contributed by atoms with van der Waals surface area (Å²) in [5.74, 6) is -0.0149. The molecule has 7 nitrogen and oxygen atoms in total. The molecule has 0 N–H and O–H groups in total. The number of pyridine rings is 1. The second kappa shape index (κ2) is 8.87. The standard InChI is InChI=1S/C23H25FN4O3S/c1-16(18-3-5-19(24)6-4-18)32(30,31)11-10-23(29)27-14-20-7-8-21(15-27)28(20)22-9-2-17(12-25)13-26-22/h2-6,9,13,16,20-21H,7-8,10-11,14-15H2,1H3. The van der Waals surface area contributed by atoms with E-state index in [0.29, 0.717) is 24.2 Å². The quantitative estimate of drug-likeness (QED) is 0.664. The van der Waals surface area contributed by atoms with Gasteiger partial charge in [0.05, 0.1) is 16.6 Å². The number of halogens is 1. The van der Waals surface area contributed by atoms with E-state index in [9.17, 15) is 17.6 Å². The van der Waals surface area contributed by atoms with Crippen LogP contribution in [0.3, 0.4) is 0 Å². The van der Waals surface area contributed by atoms with Crippen molar-refractivity contribution in [2.24, 2.45) is 0 Å². The molecule has 1 amide bonds. The first-order valence-corrected chi connectivity index (χ1v) is 12.4. The molecule has 2 saturated heterocycles. The zero-order valence-corrected chi connectivity index (χ0v) is 18.6. The number of nitriles is 1. The maximum Gasteiger partial charge on any atom is 0.223 e. The molecule has 2 aliphatic rings. The number of benzene rings is 1. The minimum absolute atomic E-state index is 0.0670. The Kier molecular flexibility index (Phi) is 6.15. The zero-order chi connectivity index (χ0) is 22.9. The number of nitrogens with zero attached hydrogens (tertiary/aromatic N) is 4. The van der Waals surface area contributed by atoms with Gasteiger partial charge in [-0.05, 0) is 49.6 Å². The Labute approximate surface area is 187 Å². The van der Waals surface area contributed by atoms with E-state index in [1.54, 1.807) is 24.1 Å². The number of aromatic nitrogens is 1. The third-order valence-electron chi connectivity index (χ3n) is 6.45. The van der Waals surface area contributed by atoms with Crippen molar-refractivity contribution in [1.29, 1.82) is 5.26 Å². The first-order valence-electron chi connectivity index (χ1n) is 10.7. The van der Waals surface area contributed by atoms with Crippen molar-refractivity contribution in [3.8, 4) is 6.07 Å². The summed E-state index contributed by atoms with van der Waals surface area (Å²) >= 11 is 0. The summed E-state index contributed by atoms with van der Waals surface area (Å²) in [6.45, 7) is 2.63. The number of fused-ring (bicyclic) bond motifs is 2. The largest absolute Gasteiger partial charge is 0.347 e. The van der Waals surface area contributed by atoms with Crippen molar-refractivity contribution in [2.75, 3.05) is 23.7 Å². The summed E-state index contributed by atoms with van der Waals surface area (Å²) in [6, 6.07) is 11.3. The van der Waals surface area contributed by atoms with E-state index in [2.05, 4.69) is 16.0 Å². The van der Waals surface area contributed by atoms with Gasteiger partial charge in [-0.2, -0.15) is 5.26 Å². The van der Waals surface area contributed by atoms with Crippen LogP contribution in [0.2, 0.25) is 0 Å². The number of anilines is 1. The predicted molar refractivity (Wildman–Crippen MR) is 118 cm³/mol. The minimum Gasteiger partial charge on any atom is -0.347 e. The van der Waals surface area contributed by atoms with Gasteiger partial charge >= 0.3 is 0 Å². The Balaban J connectivity index is 1.37. The number of rotatable bonds is 6. The molecule has 1 aromatic carbocycles. The molecule has 1 aromatic heterocycles. The van der Waals surface area contributed by atoms with Gasteiger partial charge < -0.3 is 9.80 Å². The Bertz CT molecular complexity index is 1120. The lowest BCUT2D eigenvalue weighted by Gasteiger charge is -2.41. The van der Waals surface area contributed by atoms with Crippen LogP contribution in [0.5, 0.6) is 0 Å². The third-order valence-corrected chi connectivity index (χ3v) is 8.58. The van der Waals surface area contributed by atoms with Crippen LogP contribution in [0.15, 0.2) is 42.6 Å². The van der Waals surface area contributed by atoms with E-state index in [1.807, 2.05) is 6.07 Å². The minimum atomic E-state index is -3.55. The SMILES string of the molecule is CC(c1ccc(F)cc1)S(=O)(=O)CCC(=O)N1CC2CCC(C1)N2c1ccc(C#N)cn1. The zero-order valence-electron chi connectivity index (χ0n) is 17.8. The normalized spacial score (nSPS) is 21.3. The highest BCUT2D eigenvalue weighted by atomic mass is 32.2. The van der Waals surface area contributed by atoms with Crippen LogP contribution in [0.4, 0.5) is 10.2 Å². The maximum atomic E-state index is 13.1.